The molecule has 2 atom stereocenters. The lowest BCUT2D eigenvalue weighted by Gasteiger charge is -2.33. The van der Waals surface area contributed by atoms with Gasteiger partial charge in [-0.2, -0.15) is 0 Å². The van der Waals surface area contributed by atoms with Gasteiger partial charge in [0.2, 0.25) is 11.6 Å². The van der Waals surface area contributed by atoms with Crippen LogP contribution < -0.4 is 0 Å². The Morgan fingerprint density at radius 2 is 0.912 bits per heavy atom. The Kier molecular flexibility index (Phi) is 7.10. The number of hydrogen-bond donors (Lipinski definition) is 8. The summed E-state index contributed by atoms with van der Waals surface area (Å²) in [5.41, 5.74) is -8.36. The number of carboxylic acid groups (broad SMARTS) is 2. The molecule has 0 aromatic heterocycles. The van der Waals surface area contributed by atoms with E-state index in [1.807, 2.05) is 0 Å². The van der Waals surface area contributed by atoms with Gasteiger partial charge in [-0.05, 0) is 47.5 Å². The maximum Gasteiger partial charge on any atom is 0.348 e. The number of phenols is 4. The Morgan fingerprint density at radius 1 is 0.588 bits per heavy atom. The number of rotatable bonds is 9. The summed E-state index contributed by atoms with van der Waals surface area (Å²) in [4.78, 5) is 48.6. The maximum atomic E-state index is 12.6. The Hall–Kier alpha value is -4.68. The molecule has 0 spiro atoms. The third-order valence-electron chi connectivity index (χ3n) is 4.71. The molecule has 34 heavy (non-hydrogen) atoms. The standard InChI is InChI=1S/C22H18O12/c23-13-5-1-11(9-15(13)25)3-7-17(27)21(33,19(29)30)22(34,20(31)32)18(28)8-4-12-2-6-14(24)16(26)10-12/h1-10,23-26,33-34H,(H,29,30)(H,31,32)/b7-3+,8-4+/t21-,22+. The monoisotopic (exact) mass is 474 g/mol. The van der Waals surface area contributed by atoms with Crippen molar-refractivity contribution in [3.05, 3.63) is 59.7 Å². The second kappa shape index (κ2) is 9.44. The normalized spacial score (nSPS) is 15.0. The highest BCUT2D eigenvalue weighted by Crippen LogP contribution is 2.30. The van der Waals surface area contributed by atoms with Gasteiger partial charge < -0.3 is 40.9 Å². The van der Waals surface area contributed by atoms with Gasteiger partial charge in [0.1, 0.15) is 0 Å². The van der Waals surface area contributed by atoms with E-state index in [1.165, 1.54) is 12.1 Å². The number of phenolic OH excluding ortho intramolecular Hbond substituents is 4. The van der Waals surface area contributed by atoms with Crippen LogP contribution in [-0.4, -0.2) is 75.6 Å². The smallest absolute Gasteiger partial charge is 0.348 e. The first kappa shape index (κ1) is 25.6. The number of benzene rings is 2. The molecule has 12 heteroatoms. The molecule has 0 radical (unpaired) electrons. The van der Waals surface area contributed by atoms with Crippen molar-refractivity contribution in [2.24, 2.45) is 0 Å². The molecule has 8 N–H and O–H groups in total. The molecule has 0 aliphatic heterocycles. The number of carbonyl (C=O) groups excluding carboxylic acids is 2. The molecule has 2 rings (SSSR count). The van der Waals surface area contributed by atoms with Crippen LogP contribution in [0.1, 0.15) is 11.1 Å². The molecule has 0 amide bonds. The molecule has 12 nitrogen and oxygen atoms in total. The van der Waals surface area contributed by atoms with Crippen LogP contribution in [0.15, 0.2) is 48.6 Å². The van der Waals surface area contributed by atoms with Crippen molar-refractivity contribution in [1.82, 2.24) is 0 Å². The van der Waals surface area contributed by atoms with Gasteiger partial charge in [-0.15, -0.1) is 0 Å². The SMILES string of the molecule is O=C(O)[C@@](O)(C(=O)/C=C/c1ccc(O)c(O)c1)[C@](O)(C(=O)O)C(=O)/C=C/c1ccc(O)c(O)c1. The molecule has 0 fully saturated rings. The van der Waals surface area contributed by atoms with Gasteiger partial charge in [0.15, 0.2) is 23.0 Å². The number of aliphatic hydroxyl groups is 2. The summed E-state index contributed by atoms with van der Waals surface area (Å²) in [5.74, 6) is -11.1. The van der Waals surface area contributed by atoms with E-state index in [9.17, 15) is 60.0 Å². The molecule has 0 unspecified atom stereocenters. The summed E-state index contributed by atoms with van der Waals surface area (Å²) in [5, 5.41) is 77.4. The minimum atomic E-state index is -4.19. The fraction of sp³-hybridized carbons (Fsp3) is 0.0909. The van der Waals surface area contributed by atoms with E-state index in [1.54, 1.807) is 0 Å². The predicted octanol–water partition coefficient (Wildman–Crippen LogP) is 0.00520. The average molecular weight is 474 g/mol. The number of aliphatic carboxylic acids is 2. The first-order valence-corrected chi connectivity index (χ1v) is 9.15. The third-order valence-corrected chi connectivity index (χ3v) is 4.71. The van der Waals surface area contributed by atoms with Crippen molar-refractivity contribution in [3.63, 3.8) is 0 Å². The lowest BCUT2D eigenvalue weighted by Crippen LogP contribution is -2.71. The van der Waals surface area contributed by atoms with Crippen molar-refractivity contribution in [3.8, 4) is 23.0 Å². The van der Waals surface area contributed by atoms with Crippen LogP contribution in [0, 0.1) is 0 Å². The first-order chi connectivity index (χ1) is 15.7. The van der Waals surface area contributed by atoms with E-state index in [0.717, 1.165) is 36.4 Å². The summed E-state index contributed by atoms with van der Waals surface area (Å²) in [7, 11) is 0. The first-order valence-electron chi connectivity index (χ1n) is 9.15. The number of aromatic hydroxyl groups is 4. The molecular weight excluding hydrogens is 456 g/mol. The van der Waals surface area contributed by atoms with Gasteiger partial charge in [0.05, 0.1) is 0 Å². The Bertz CT molecular complexity index is 1130. The average Bonchev–Trinajstić information content (AvgIpc) is 2.78. The van der Waals surface area contributed by atoms with E-state index < -0.39 is 57.7 Å². The van der Waals surface area contributed by atoms with Gasteiger partial charge in [-0.3, -0.25) is 9.59 Å². The number of carbonyl (C=O) groups is 4. The van der Waals surface area contributed by atoms with Crippen LogP contribution in [0.25, 0.3) is 12.2 Å². The summed E-state index contributed by atoms with van der Waals surface area (Å²) in [6.45, 7) is 0. The molecule has 0 aliphatic carbocycles. The van der Waals surface area contributed by atoms with Crippen molar-refractivity contribution in [1.29, 1.82) is 0 Å². The summed E-state index contributed by atoms with van der Waals surface area (Å²) >= 11 is 0. The lowest BCUT2D eigenvalue weighted by atomic mass is 9.76. The minimum Gasteiger partial charge on any atom is -0.504 e. The quantitative estimate of drug-likeness (QED) is 0.136. The number of carboxylic acids is 2. The zero-order chi connectivity index (χ0) is 25.8. The van der Waals surface area contributed by atoms with Crippen molar-refractivity contribution in [2.45, 2.75) is 11.2 Å². The van der Waals surface area contributed by atoms with E-state index >= 15 is 0 Å². The van der Waals surface area contributed by atoms with Crippen molar-refractivity contribution in [2.75, 3.05) is 0 Å². The molecule has 0 aliphatic rings. The van der Waals surface area contributed by atoms with E-state index in [2.05, 4.69) is 0 Å². The van der Waals surface area contributed by atoms with Gasteiger partial charge >= 0.3 is 11.9 Å². The minimum absolute atomic E-state index is 0.00798. The third kappa shape index (κ3) is 4.57. The van der Waals surface area contributed by atoms with Crippen LogP contribution in [0.3, 0.4) is 0 Å². The van der Waals surface area contributed by atoms with Crippen molar-refractivity contribution < 1.29 is 60.0 Å². The number of ketones is 2. The van der Waals surface area contributed by atoms with E-state index in [-0.39, 0.29) is 11.1 Å². The molecule has 0 bridgehead atoms. The fourth-order valence-electron chi connectivity index (χ4n) is 2.75. The van der Waals surface area contributed by atoms with Gasteiger partial charge in [-0.1, -0.05) is 24.3 Å². The predicted molar refractivity (Wildman–Crippen MR) is 113 cm³/mol. The molecule has 2 aromatic carbocycles. The second-order valence-electron chi connectivity index (χ2n) is 6.92. The topological polar surface area (TPSA) is 230 Å². The van der Waals surface area contributed by atoms with Crippen molar-refractivity contribution >= 4 is 35.7 Å². The Labute approximate surface area is 190 Å². The zero-order valence-electron chi connectivity index (χ0n) is 17.0. The van der Waals surface area contributed by atoms with Gasteiger partial charge in [-0.25, -0.2) is 9.59 Å². The maximum absolute atomic E-state index is 12.6. The fourth-order valence-corrected chi connectivity index (χ4v) is 2.75. The zero-order valence-corrected chi connectivity index (χ0v) is 17.0. The summed E-state index contributed by atoms with van der Waals surface area (Å²) in [6, 6.07) is 6.27. The van der Waals surface area contributed by atoms with Crippen LogP contribution in [0.5, 0.6) is 23.0 Å². The van der Waals surface area contributed by atoms with Crippen LogP contribution in [0.2, 0.25) is 0 Å². The molecule has 0 saturated heterocycles. The highest BCUT2D eigenvalue weighted by atomic mass is 16.5. The summed E-state index contributed by atoms with van der Waals surface area (Å²) < 4.78 is 0. The largest absolute Gasteiger partial charge is 0.504 e. The van der Waals surface area contributed by atoms with Crippen LogP contribution in [-0.2, 0) is 19.2 Å². The van der Waals surface area contributed by atoms with Crippen LogP contribution >= 0.6 is 0 Å². The number of hydrogen-bond acceptors (Lipinski definition) is 10. The molecule has 178 valence electrons. The summed E-state index contributed by atoms with van der Waals surface area (Å²) in [6.07, 6.45) is 2.39. The molecule has 0 heterocycles. The molecule has 0 saturated carbocycles. The van der Waals surface area contributed by atoms with E-state index in [4.69, 9.17) is 0 Å². The Balaban J connectivity index is 2.49. The van der Waals surface area contributed by atoms with Gasteiger partial charge in [0.25, 0.3) is 11.2 Å². The second-order valence-corrected chi connectivity index (χ2v) is 6.92. The van der Waals surface area contributed by atoms with Gasteiger partial charge in [0, 0.05) is 0 Å². The lowest BCUT2D eigenvalue weighted by molar-refractivity contribution is -0.204. The highest BCUT2D eigenvalue weighted by molar-refractivity contribution is 6.27. The molecular formula is C22H18O12. The highest BCUT2D eigenvalue weighted by Gasteiger charge is 2.68. The Morgan fingerprint density at radius 3 is 1.18 bits per heavy atom. The molecule has 2 aromatic rings. The van der Waals surface area contributed by atoms with E-state index in [0.29, 0.717) is 12.2 Å². The van der Waals surface area contributed by atoms with Crippen LogP contribution in [0.4, 0.5) is 0 Å².